The van der Waals surface area contributed by atoms with Gasteiger partial charge in [0, 0.05) is 17.8 Å². The summed E-state index contributed by atoms with van der Waals surface area (Å²) in [4.78, 5) is 21.5. The van der Waals surface area contributed by atoms with Crippen molar-refractivity contribution in [3.8, 4) is 0 Å². The minimum Gasteiger partial charge on any atom is -0.391 e. The standard InChI is InChI=1S/C8H12O3/c1-8(2)6(10)3-5(4-9)7(8)11/h4-5,7,11H,3H2,1-2H3. The number of aliphatic hydroxyl groups is 1. The van der Waals surface area contributed by atoms with Crippen molar-refractivity contribution in [3.05, 3.63) is 0 Å². The topological polar surface area (TPSA) is 54.4 Å². The maximum Gasteiger partial charge on any atom is 0.141 e. The second-order valence-electron chi connectivity index (χ2n) is 3.59. The quantitative estimate of drug-likeness (QED) is 0.550. The molecule has 1 aliphatic rings. The van der Waals surface area contributed by atoms with Crippen molar-refractivity contribution in [2.24, 2.45) is 11.3 Å². The number of rotatable bonds is 1. The summed E-state index contributed by atoms with van der Waals surface area (Å²) in [5.74, 6) is -0.514. The average Bonchev–Trinajstić information content (AvgIpc) is 2.14. The molecule has 2 atom stereocenters. The van der Waals surface area contributed by atoms with Crippen LogP contribution in [0.5, 0.6) is 0 Å². The Hall–Kier alpha value is -0.700. The van der Waals surface area contributed by atoms with E-state index in [0.29, 0.717) is 6.29 Å². The smallest absolute Gasteiger partial charge is 0.141 e. The zero-order valence-corrected chi connectivity index (χ0v) is 6.70. The first-order chi connectivity index (χ1) is 5.00. The number of ketones is 1. The van der Waals surface area contributed by atoms with Gasteiger partial charge in [0.15, 0.2) is 0 Å². The molecular formula is C8H12O3. The lowest BCUT2D eigenvalue weighted by Crippen LogP contribution is -2.32. The van der Waals surface area contributed by atoms with Gasteiger partial charge in [-0.25, -0.2) is 0 Å². The molecule has 0 aromatic rings. The summed E-state index contributed by atoms with van der Waals surface area (Å²) in [6.45, 7) is 3.34. The molecule has 2 unspecified atom stereocenters. The van der Waals surface area contributed by atoms with Gasteiger partial charge in [0.05, 0.1) is 6.10 Å². The largest absolute Gasteiger partial charge is 0.391 e. The fraction of sp³-hybridized carbons (Fsp3) is 0.750. The van der Waals surface area contributed by atoms with Crippen molar-refractivity contribution in [2.45, 2.75) is 26.4 Å². The molecule has 0 aromatic carbocycles. The lowest BCUT2D eigenvalue weighted by Gasteiger charge is -2.21. The first-order valence-corrected chi connectivity index (χ1v) is 3.67. The number of aldehydes is 1. The third-order valence-corrected chi connectivity index (χ3v) is 2.46. The van der Waals surface area contributed by atoms with E-state index in [4.69, 9.17) is 0 Å². The van der Waals surface area contributed by atoms with E-state index in [1.54, 1.807) is 13.8 Å². The van der Waals surface area contributed by atoms with Crippen molar-refractivity contribution < 1.29 is 14.7 Å². The lowest BCUT2D eigenvalue weighted by atomic mass is 9.87. The summed E-state index contributed by atoms with van der Waals surface area (Å²) < 4.78 is 0. The van der Waals surface area contributed by atoms with Gasteiger partial charge < -0.3 is 9.90 Å². The van der Waals surface area contributed by atoms with Gasteiger partial charge in [-0.3, -0.25) is 4.79 Å². The van der Waals surface area contributed by atoms with Crippen LogP contribution in [0, 0.1) is 11.3 Å². The molecule has 0 amide bonds. The molecule has 0 aliphatic heterocycles. The highest BCUT2D eigenvalue weighted by atomic mass is 16.3. The molecule has 0 spiro atoms. The monoisotopic (exact) mass is 156 g/mol. The van der Waals surface area contributed by atoms with E-state index in [9.17, 15) is 14.7 Å². The van der Waals surface area contributed by atoms with Crippen molar-refractivity contribution >= 4 is 12.1 Å². The Bertz CT molecular complexity index is 196. The van der Waals surface area contributed by atoms with Crippen LogP contribution >= 0.6 is 0 Å². The molecule has 0 saturated heterocycles. The molecule has 1 rings (SSSR count). The number of Topliss-reactive ketones (excluding diaryl/α,β-unsaturated/α-hetero) is 1. The molecule has 1 aliphatic carbocycles. The van der Waals surface area contributed by atoms with Crippen molar-refractivity contribution in [3.63, 3.8) is 0 Å². The van der Waals surface area contributed by atoms with E-state index in [2.05, 4.69) is 0 Å². The maximum absolute atomic E-state index is 11.2. The molecule has 3 heteroatoms. The lowest BCUT2D eigenvalue weighted by molar-refractivity contribution is -0.126. The highest BCUT2D eigenvalue weighted by Crippen LogP contribution is 2.37. The fourth-order valence-corrected chi connectivity index (χ4v) is 1.41. The van der Waals surface area contributed by atoms with E-state index in [1.165, 1.54) is 0 Å². The Balaban J connectivity index is 2.88. The Morgan fingerprint density at radius 1 is 1.64 bits per heavy atom. The molecule has 0 heterocycles. The summed E-state index contributed by atoms with van der Waals surface area (Å²) >= 11 is 0. The zero-order chi connectivity index (χ0) is 8.65. The maximum atomic E-state index is 11.2. The van der Waals surface area contributed by atoms with Crippen LogP contribution in [-0.2, 0) is 9.59 Å². The normalized spacial score (nSPS) is 35.7. The molecule has 0 bridgehead atoms. The second-order valence-corrected chi connectivity index (χ2v) is 3.59. The van der Waals surface area contributed by atoms with Crippen LogP contribution in [-0.4, -0.2) is 23.3 Å². The van der Waals surface area contributed by atoms with Crippen LogP contribution in [0.4, 0.5) is 0 Å². The number of aliphatic hydroxyl groups excluding tert-OH is 1. The van der Waals surface area contributed by atoms with Gasteiger partial charge in [0.25, 0.3) is 0 Å². The average molecular weight is 156 g/mol. The van der Waals surface area contributed by atoms with Crippen molar-refractivity contribution in [1.82, 2.24) is 0 Å². The van der Waals surface area contributed by atoms with Gasteiger partial charge in [0.2, 0.25) is 0 Å². The highest BCUT2D eigenvalue weighted by molar-refractivity contribution is 5.90. The molecule has 3 nitrogen and oxygen atoms in total. The summed E-state index contributed by atoms with van der Waals surface area (Å²) in [5.41, 5.74) is -0.731. The minimum atomic E-state index is -0.799. The summed E-state index contributed by atoms with van der Waals surface area (Å²) in [7, 11) is 0. The van der Waals surface area contributed by atoms with Crippen LogP contribution in [0.15, 0.2) is 0 Å². The van der Waals surface area contributed by atoms with Crippen molar-refractivity contribution in [2.75, 3.05) is 0 Å². The summed E-state index contributed by atoms with van der Waals surface area (Å²) in [5, 5.41) is 9.44. The van der Waals surface area contributed by atoms with Gasteiger partial charge in [-0.2, -0.15) is 0 Å². The van der Waals surface area contributed by atoms with E-state index >= 15 is 0 Å². The van der Waals surface area contributed by atoms with Gasteiger partial charge in [-0.1, -0.05) is 13.8 Å². The Kier molecular flexibility index (Phi) is 1.84. The van der Waals surface area contributed by atoms with Crippen LogP contribution in [0.3, 0.4) is 0 Å². The van der Waals surface area contributed by atoms with Gasteiger partial charge in [-0.15, -0.1) is 0 Å². The Morgan fingerprint density at radius 2 is 2.18 bits per heavy atom. The predicted molar refractivity (Wildman–Crippen MR) is 39.0 cm³/mol. The fourth-order valence-electron chi connectivity index (χ4n) is 1.41. The van der Waals surface area contributed by atoms with Gasteiger partial charge in [-0.05, 0) is 0 Å². The van der Waals surface area contributed by atoms with E-state index < -0.39 is 17.4 Å². The van der Waals surface area contributed by atoms with Crippen molar-refractivity contribution in [1.29, 1.82) is 0 Å². The molecule has 0 radical (unpaired) electrons. The molecule has 11 heavy (non-hydrogen) atoms. The number of hydrogen-bond donors (Lipinski definition) is 1. The summed E-state index contributed by atoms with van der Waals surface area (Å²) in [6.07, 6.45) is 0.0575. The Morgan fingerprint density at radius 3 is 2.36 bits per heavy atom. The zero-order valence-electron chi connectivity index (χ0n) is 6.70. The van der Waals surface area contributed by atoms with E-state index in [-0.39, 0.29) is 12.2 Å². The van der Waals surface area contributed by atoms with E-state index in [0.717, 1.165) is 0 Å². The van der Waals surface area contributed by atoms with Crippen LogP contribution < -0.4 is 0 Å². The molecular weight excluding hydrogens is 144 g/mol. The second kappa shape index (κ2) is 2.41. The van der Waals surface area contributed by atoms with Crippen LogP contribution in [0.25, 0.3) is 0 Å². The van der Waals surface area contributed by atoms with Gasteiger partial charge in [0.1, 0.15) is 12.1 Å². The SMILES string of the molecule is CC1(C)C(=O)CC(C=O)C1O. The number of carbonyl (C=O) groups excluding carboxylic acids is 2. The highest BCUT2D eigenvalue weighted by Gasteiger charge is 2.47. The number of carbonyl (C=O) groups is 2. The van der Waals surface area contributed by atoms with Crippen LogP contribution in [0.1, 0.15) is 20.3 Å². The van der Waals surface area contributed by atoms with E-state index in [1.807, 2.05) is 0 Å². The molecule has 1 saturated carbocycles. The third-order valence-electron chi connectivity index (χ3n) is 2.46. The molecule has 0 aromatic heterocycles. The molecule has 62 valence electrons. The number of hydrogen-bond acceptors (Lipinski definition) is 3. The predicted octanol–water partition coefficient (Wildman–Crippen LogP) is 0.161. The molecule has 1 fully saturated rings. The molecule has 1 N–H and O–H groups in total. The first kappa shape index (κ1) is 8.40. The first-order valence-electron chi connectivity index (χ1n) is 3.67. The minimum absolute atomic E-state index is 0.0258. The summed E-state index contributed by atoms with van der Waals surface area (Å²) in [6, 6.07) is 0. The third kappa shape index (κ3) is 1.09. The Labute approximate surface area is 65.4 Å². The van der Waals surface area contributed by atoms with Crippen LogP contribution in [0.2, 0.25) is 0 Å². The van der Waals surface area contributed by atoms with Gasteiger partial charge >= 0.3 is 0 Å².